The topological polar surface area (TPSA) is 118 Å². The Kier molecular flexibility index (Phi) is 9.28. The molecule has 0 bridgehead atoms. The molecule has 0 aliphatic carbocycles. The number of carbonyl (C=O) groups is 2. The highest BCUT2D eigenvalue weighted by molar-refractivity contribution is 7.99. The molecule has 0 amide bonds. The zero-order chi connectivity index (χ0) is 25.6. The smallest absolute Gasteiger partial charge is 0.328 e. The van der Waals surface area contributed by atoms with Crippen molar-refractivity contribution in [1.29, 1.82) is 0 Å². The van der Waals surface area contributed by atoms with Crippen LogP contribution < -0.4 is 4.90 Å². The molecular weight excluding hydrogens is 478 g/mol. The van der Waals surface area contributed by atoms with Gasteiger partial charge >= 0.3 is 11.9 Å². The van der Waals surface area contributed by atoms with Gasteiger partial charge in [0.05, 0.1) is 16.3 Å². The molecule has 0 aromatic heterocycles. The predicted molar refractivity (Wildman–Crippen MR) is 132 cm³/mol. The largest absolute Gasteiger partial charge is 0.478 e. The van der Waals surface area contributed by atoms with Crippen molar-refractivity contribution in [1.82, 2.24) is 9.21 Å². The van der Waals surface area contributed by atoms with Crippen molar-refractivity contribution >= 4 is 45.1 Å². The van der Waals surface area contributed by atoms with Crippen molar-refractivity contribution in [3.8, 4) is 0 Å². The summed E-state index contributed by atoms with van der Waals surface area (Å²) < 4.78 is 26.4. The molecule has 11 heteroatoms. The van der Waals surface area contributed by atoms with E-state index in [1.165, 1.54) is 9.20 Å². The normalized spacial score (nSPS) is 13.8. The number of rotatable bonds is 7. The Hall–Kier alpha value is -2.86. The van der Waals surface area contributed by atoms with Gasteiger partial charge in [0.25, 0.3) is 0 Å². The standard InChI is InChI=1S/C19H25N3O2S2.C4H4O4/c1-14(20(2)3)13-22-16-8-6-7-9-18(16)25-19-11-10-15(12-17(19)22)26(23,24)21(4)5;5-3(6)1-2-4(7)8/h6-12,14H,13H2,1-5H3;1-2H,(H,5,6)(H,7,8)/b;2-1-. The second kappa shape index (κ2) is 11.5. The lowest BCUT2D eigenvalue weighted by Gasteiger charge is -2.36. The molecule has 0 radical (unpaired) electrons. The fourth-order valence-electron chi connectivity index (χ4n) is 2.95. The van der Waals surface area contributed by atoms with Crippen molar-refractivity contribution in [2.24, 2.45) is 0 Å². The number of anilines is 2. The minimum atomic E-state index is -3.47. The predicted octanol–water partition coefficient (Wildman–Crippen LogP) is 3.20. The highest BCUT2D eigenvalue weighted by atomic mass is 32.2. The Morgan fingerprint density at radius 3 is 2.06 bits per heavy atom. The van der Waals surface area contributed by atoms with Gasteiger partial charge in [-0.2, -0.15) is 0 Å². The molecule has 0 saturated carbocycles. The Morgan fingerprint density at radius 1 is 0.971 bits per heavy atom. The van der Waals surface area contributed by atoms with E-state index in [1.54, 1.807) is 38.0 Å². The summed E-state index contributed by atoms with van der Waals surface area (Å²) in [5, 5.41) is 15.6. The molecule has 1 unspecified atom stereocenters. The zero-order valence-corrected chi connectivity index (χ0v) is 21.3. The van der Waals surface area contributed by atoms with Gasteiger partial charge in [-0.25, -0.2) is 22.3 Å². The number of hydrogen-bond acceptors (Lipinski definition) is 7. The van der Waals surface area contributed by atoms with E-state index < -0.39 is 22.0 Å². The first-order valence-corrected chi connectivity index (χ1v) is 12.5. The third kappa shape index (κ3) is 6.83. The van der Waals surface area contributed by atoms with Crippen LogP contribution in [0.3, 0.4) is 0 Å². The van der Waals surface area contributed by atoms with Gasteiger partial charge in [-0.05, 0) is 51.4 Å². The van der Waals surface area contributed by atoms with Crippen molar-refractivity contribution in [3.63, 3.8) is 0 Å². The lowest BCUT2D eigenvalue weighted by molar-refractivity contribution is -0.134. The van der Waals surface area contributed by atoms with Crippen LogP contribution >= 0.6 is 11.8 Å². The van der Waals surface area contributed by atoms with Crippen molar-refractivity contribution in [2.45, 2.75) is 27.7 Å². The Balaban J connectivity index is 0.000000440. The summed E-state index contributed by atoms with van der Waals surface area (Å²) in [6.45, 7) is 2.95. The van der Waals surface area contributed by atoms with Crippen molar-refractivity contribution < 1.29 is 28.2 Å². The van der Waals surface area contributed by atoms with Gasteiger partial charge in [-0.1, -0.05) is 23.9 Å². The first kappa shape index (κ1) is 27.4. The first-order valence-electron chi connectivity index (χ1n) is 10.3. The van der Waals surface area contributed by atoms with E-state index in [9.17, 15) is 18.0 Å². The molecular formula is C23H29N3O6S2. The van der Waals surface area contributed by atoms with Crippen LogP contribution in [0.25, 0.3) is 0 Å². The average molecular weight is 508 g/mol. The van der Waals surface area contributed by atoms with Crippen LogP contribution in [-0.4, -0.2) is 80.6 Å². The SMILES string of the molecule is CC(CN1c2ccccc2Sc2ccc(S(=O)(=O)N(C)C)cc21)N(C)C.O=C(O)/C=C\C(=O)O. The molecule has 9 nitrogen and oxygen atoms in total. The maximum atomic E-state index is 12.6. The van der Waals surface area contributed by atoms with Crippen LogP contribution in [0.4, 0.5) is 11.4 Å². The second-order valence-corrected chi connectivity index (χ2v) is 11.2. The van der Waals surface area contributed by atoms with Crippen LogP contribution in [0.2, 0.25) is 0 Å². The maximum absolute atomic E-state index is 12.6. The monoisotopic (exact) mass is 507 g/mol. The van der Waals surface area contributed by atoms with Gasteiger partial charge in [-0.3, -0.25) is 0 Å². The maximum Gasteiger partial charge on any atom is 0.328 e. The fourth-order valence-corrected chi connectivity index (χ4v) is 4.95. The molecule has 1 atom stereocenters. The van der Waals surface area contributed by atoms with Crippen LogP contribution in [0, 0.1) is 0 Å². The van der Waals surface area contributed by atoms with Gasteiger partial charge in [0, 0.05) is 48.6 Å². The minimum Gasteiger partial charge on any atom is -0.478 e. The van der Waals surface area contributed by atoms with Gasteiger partial charge in [-0.15, -0.1) is 0 Å². The molecule has 34 heavy (non-hydrogen) atoms. The lowest BCUT2D eigenvalue weighted by Crippen LogP contribution is -2.37. The molecule has 2 aromatic rings. The number of fused-ring (bicyclic) bond motifs is 2. The van der Waals surface area contributed by atoms with Gasteiger partial charge < -0.3 is 20.0 Å². The van der Waals surface area contributed by atoms with Gasteiger partial charge in [0.15, 0.2) is 0 Å². The number of carboxylic acid groups (broad SMARTS) is 2. The van der Waals surface area contributed by atoms with E-state index in [0.29, 0.717) is 23.1 Å². The quantitative estimate of drug-likeness (QED) is 0.545. The minimum absolute atomic E-state index is 0.313. The molecule has 3 rings (SSSR count). The Bertz CT molecular complexity index is 1160. The van der Waals surface area contributed by atoms with Crippen LogP contribution in [0.5, 0.6) is 0 Å². The average Bonchev–Trinajstić information content (AvgIpc) is 2.77. The first-order chi connectivity index (χ1) is 15.8. The number of sulfonamides is 1. The van der Waals surface area contributed by atoms with Crippen molar-refractivity contribution in [2.75, 3.05) is 39.6 Å². The molecule has 1 aliphatic rings. The summed E-state index contributed by atoms with van der Waals surface area (Å²) in [7, 11) is 3.77. The van der Waals surface area contributed by atoms with Crippen LogP contribution in [0.15, 0.2) is 69.3 Å². The number of benzene rings is 2. The van der Waals surface area contributed by atoms with Gasteiger partial charge in [0.2, 0.25) is 10.0 Å². The fraction of sp³-hybridized carbons (Fsp3) is 0.304. The van der Waals surface area contributed by atoms with E-state index >= 15 is 0 Å². The highest BCUT2D eigenvalue weighted by Gasteiger charge is 2.27. The molecule has 1 aliphatic heterocycles. The second-order valence-electron chi connectivity index (χ2n) is 7.92. The van der Waals surface area contributed by atoms with Crippen molar-refractivity contribution in [3.05, 3.63) is 54.6 Å². The molecule has 1 heterocycles. The van der Waals surface area contributed by atoms with E-state index in [2.05, 4.69) is 43.0 Å². The summed E-state index contributed by atoms with van der Waals surface area (Å²) in [5.41, 5.74) is 2.07. The molecule has 0 saturated heterocycles. The number of hydrogen-bond donors (Lipinski definition) is 2. The van der Waals surface area contributed by atoms with E-state index in [4.69, 9.17) is 10.2 Å². The lowest BCUT2D eigenvalue weighted by atomic mass is 10.2. The molecule has 0 fully saturated rings. The summed E-state index contributed by atoms with van der Waals surface area (Å²) in [6, 6.07) is 14.0. The third-order valence-electron chi connectivity index (χ3n) is 5.07. The van der Waals surface area contributed by atoms with Crippen LogP contribution in [-0.2, 0) is 19.6 Å². The summed E-state index contributed by atoms with van der Waals surface area (Å²) >= 11 is 1.69. The van der Waals surface area contributed by atoms with E-state index in [0.717, 1.165) is 22.8 Å². The van der Waals surface area contributed by atoms with E-state index in [1.807, 2.05) is 18.2 Å². The Morgan fingerprint density at radius 2 is 1.53 bits per heavy atom. The van der Waals surface area contributed by atoms with Crippen LogP contribution in [0.1, 0.15) is 6.92 Å². The number of likely N-dealkylation sites (N-methyl/N-ethyl adjacent to an activating group) is 1. The molecule has 184 valence electrons. The molecule has 2 N–H and O–H groups in total. The number of aliphatic carboxylic acids is 2. The molecule has 0 spiro atoms. The highest BCUT2D eigenvalue weighted by Crippen LogP contribution is 2.48. The summed E-state index contributed by atoms with van der Waals surface area (Å²) in [5.74, 6) is -2.51. The zero-order valence-electron chi connectivity index (χ0n) is 19.7. The number of para-hydroxylation sites is 1. The van der Waals surface area contributed by atoms with Gasteiger partial charge in [0.1, 0.15) is 0 Å². The molecule has 2 aromatic carbocycles. The number of carboxylic acids is 2. The van der Waals surface area contributed by atoms with E-state index in [-0.39, 0.29) is 0 Å². The Labute approximate surface area is 204 Å². The third-order valence-corrected chi connectivity index (χ3v) is 8.01. The summed E-state index contributed by atoms with van der Waals surface area (Å²) in [6.07, 6.45) is 1.12. The number of nitrogens with zero attached hydrogens (tertiary/aromatic N) is 3. The summed E-state index contributed by atoms with van der Waals surface area (Å²) in [4.78, 5) is 26.1.